The van der Waals surface area contributed by atoms with E-state index in [0.29, 0.717) is 18.1 Å². The average molecular weight is 472 g/mol. The number of carbonyl (C=O) groups is 1. The van der Waals surface area contributed by atoms with Crippen LogP contribution in [0.25, 0.3) is 0 Å². The molecule has 3 heterocycles. The minimum absolute atomic E-state index is 0.00768. The molecule has 8 heteroatoms. The molecule has 1 aromatic heterocycles. The van der Waals surface area contributed by atoms with Gasteiger partial charge in [-0.25, -0.2) is 13.4 Å². The number of hydrogen-bond acceptors (Lipinski definition) is 6. The first-order chi connectivity index (χ1) is 15.1. The van der Waals surface area contributed by atoms with Crippen LogP contribution in [0.5, 0.6) is 0 Å². The lowest BCUT2D eigenvalue weighted by atomic mass is 9.83. The van der Waals surface area contributed by atoms with E-state index in [0.717, 1.165) is 24.2 Å². The largest absolute Gasteiger partial charge is 0.347 e. The third kappa shape index (κ3) is 4.11. The van der Waals surface area contributed by atoms with Gasteiger partial charge in [0.25, 0.3) is 0 Å². The fourth-order valence-corrected chi connectivity index (χ4v) is 6.69. The number of likely N-dealkylation sites (N-methyl/N-ethyl adjacent to an activating group) is 1. The van der Waals surface area contributed by atoms with Crippen LogP contribution in [0.15, 0.2) is 64.3 Å². The zero-order valence-electron chi connectivity index (χ0n) is 18.9. The molecule has 0 aliphatic carbocycles. The van der Waals surface area contributed by atoms with Gasteiger partial charge < -0.3 is 4.90 Å². The van der Waals surface area contributed by atoms with E-state index in [4.69, 9.17) is 0 Å². The number of thioether (sulfide) groups is 1. The first-order valence-electron chi connectivity index (χ1n) is 10.8. The molecule has 1 fully saturated rings. The van der Waals surface area contributed by atoms with Crippen molar-refractivity contribution >= 4 is 33.3 Å². The third-order valence-corrected chi connectivity index (χ3v) is 9.28. The molecule has 2 aliphatic heterocycles. The monoisotopic (exact) mass is 471 g/mol. The number of hydrogen-bond donors (Lipinski definition) is 0. The van der Waals surface area contributed by atoms with Crippen LogP contribution in [0.1, 0.15) is 39.2 Å². The smallest absolute Gasteiger partial charge is 0.244 e. The topological polar surface area (TPSA) is 70.6 Å². The Balaban J connectivity index is 1.48. The van der Waals surface area contributed by atoms with Crippen LogP contribution in [0.4, 0.5) is 5.69 Å². The van der Waals surface area contributed by atoms with E-state index in [1.807, 2.05) is 26.1 Å². The number of allylic oxidation sites excluding steroid dienone is 2. The van der Waals surface area contributed by atoms with Crippen molar-refractivity contribution in [2.75, 3.05) is 25.0 Å². The van der Waals surface area contributed by atoms with E-state index in [-0.39, 0.29) is 21.3 Å². The summed E-state index contributed by atoms with van der Waals surface area (Å²) in [5, 5.41) is 0.288. The second-order valence-electron chi connectivity index (χ2n) is 8.84. The van der Waals surface area contributed by atoms with Crippen LogP contribution in [-0.2, 0) is 20.2 Å². The summed E-state index contributed by atoms with van der Waals surface area (Å²) in [5.41, 5.74) is 3.04. The maximum Gasteiger partial charge on any atom is 0.244 e. The number of pyridine rings is 1. The Morgan fingerprint density at radius 1 is 1.16 bits per heavy atom. The van der Waals surface area contributed by atoms with E-state index in [9.17, 15) is 13.2 Å². The summed E-state index contributed by atoms with van der Waals surface area (Å²) in [6, 6.07) is 11.5. The highest BCUT2D eigenvalue weighted by molar-refractivity contribution is 8.00. The molecule has 0 spiro atoms. The number of sulfonamides is 1. The van der Waals surface area contributed by atoms with Crippen LogP contribution < -0.4 is 4.90 Å². The molecule has 1 unspecified atom stereocenters. The van der Waals surface area contributed by atoms with Crippen molar-refractivity contribution < 1.29 is 13.2 Å². The van der Waals surface area contributed by atoms with Gasteiger partial charge in [0.15, 0.2) is 5.78 Å². The Kier molecular flexibility index (Phi) is 6.22. The van der Waals surface area contributed by atoms with Crippen molar-refractivity contribution in [1.82, 2.24) is 9.29 Å². The van der Waals surface area contributed by atoms with Crippen molar-refractivity contribution in [1.29, 1.82) is 0 Å². The number of rotatable bonds is 6. The molecule has 1 atom stereocenters. The molecule has 0 amide bonds. The quantitative estimate of drug-likeness (QED) is 0.464. The fraction of sp³-hybridized carbons (Fsp3) is 0.417. The Hall–Kier alpha value is -2.16. The number of aromatic nitrogens is 1. The van der Waals surface area contributed by atoms with Gasteiger partial charge in [0.1, 0.15) is 4.90 Å². The van der Waals surface area contributed by atoms with E-state index < -0.39 is 10.0 Å². The highest BCUT2D eigenvalue weighted by Crippen LogP contribution is 2.46. The summed E-state index contributed by atoms with van der Waals surface area (Å²) in [4.78, 5) is 19.6. The highest BCUT2D eigenvalue weighted by Gasteiger charge is 2.38. The predicted molar refractivity (Wildman–Crippen MR) is 129 cm³/mol. The fourth-order valence-electron chi connectivity index (χ4n) is 4.42. The van der Waals surface area contributed by atoms with E-state index in [2.05, 4.69) is 35.9 Å². The van der Waals surface area contributed by atoms with Gasteiger partial charge in [0.05, 0.1) is 10.3 Å². The molecule has 0 radical (unpaired) electrons. The molecule has 6 nitrogen and oxygen atoms in total. The second-order valence-corrected chi connectivity index (χ2v) is 12.1. The van der Waals surface area contributed by atoms with E-state index >= 15 is 0 Å². The normalized spacial score (nSPS) is 20.5. The van der Waals surface area contributed by atoms with Crippen molar-refractivity contribution in [3.63, 3.8) is 0 Å². The molecule has 170 valence electrons. The predicted octanol–water partition coefficient (Wildman–Crippen LogP) is 4.23. The molecular formula is C24H29N3O3S2. The Morgan fingerprint density at radius 3 is 2.47 bits per heavy atom. The number of nitrogens with zero attached hydrogens (tertiary/aromatic N) is 3. The molecule has 0 bridgehead atoms. The first kappa shape index (κ1) is 23.0. The number of fused-ring (bicyclic) bond motifs is 1. The summed E-state index contributed by atoms with van der Waals surface area (Å²) in [6.45, 7) is 7.25. The summed E-state index contributed by atoms with van der Waals surface area (Å²) in [7, 11) is -1.49. The number of carbonyl (C=O) groups excluding carboxylic acids is 1. The van der Waals surface area contributed by atoms with Gasteiger partial charge >= 0.3 is 0 Å². The standard InChI is InChI=1S/C24H29N3O3S2/c1-17(21(28)15-22-24(2,3)19-9-5-6-10-20(19)26(22)4)31-23-12-11-18(16-25-23)32(29,30)27-13-7-8-14-27/h5-6,9-12,15-17H,7-8,13-14H2,1-4H3/b22-15+. The van der Waals surface area contributed by atoms with Gasteiger partial charge in [0.2, 0.25) is 10.0 Å². The lowest BCUT2D eigenvalue weighted by Gasteiger charge is -2.24. The maximum absolute atomic E-state index is 13.0. The van der Waals surface area contributed by atoms with Crippen LogP contribution >= 0.6 is 11.8 Å². The minimum atomic E-state index is -3.48. The molecule has 2 aromatic rings. The van der Waals surface area contributed by atoms with E-state index in [1.54, 1.807) is 18.2 Å². The summed E-state index contributed by atoms with van der Waals surface area (Å²) in [5.74, 6) is 0.00768. The third-order valence-electron chi connectivity index (χ3n) is 6.33. The summed E-state index contributed by atoms with van der Waals surface area (Å²) >= 11 is 1.34. The van der Waals surface area contributed by atoms with Gasteiger partial charge in [-0.2, -0.15) is 4.31 Å². The zero-order valence-corrected chi connectivity index (χ0v) is 20.5. The summed E-state index contributed by atoms with van der Waals surface area (Å²) in [6.07, 6.45) is 4.93. The minimum Gasteiger partial charge on any atom is -0.347 e. The molecule has 1 saturated heterocycles. The molecular weight excluding hydrogens is 442 g/mol. The first-order valence-corrected chi connectivity index (χ1v) is 13.2. The van der Waals surface area contributed by atoms with Crippen molar-refractivity contribution in [2.45, 2.75) is 54.2 Å². The lowest BCUT2D eigenvalue weighted by Crippen LogP contribution is -2.27. The number of anilines is 1. The Bertz CT molecular complexity index is 1150. The lowest BCUT2D eigenvalue weighted by molar-refractivity contribution is -0.114. The second kappa shape index (κ2) is 8.65. The van der Waals surface area contributed by atoms with Gasteiger partial charge in [0, 0.05) is 49.2 Å². The van der Waals surface area contributed by atoms with Gasteiger partial charge in [-0.1, -0.05) is 43.8 Å². The van der Waals surface area contributed by atoms with Crippen LogP contribution in [0.2, 0.25) is 0 Å². The highest BCUT2D eigenvalue weighted by atomic mass is 32.2. The van der Waals surface area contributed by atoms with Crippen LogP contribution in [-0.4, -0.2) is 48.9 Å². The average Bonchev–Trinajstić information content (AvgIpc) is 3.38. The van der Waals surface area contributed by atoms with Gasteiger partial charge in [-0.05, 0) is 43.5 Å². The zero-order chi connectivity index (χ0) is 23.1. The SMILES string of the molecule is CC(Sc1ccc(S(=O)(=O)N2CCCC2)cn1)C(=O)/C=C1/N(C)c2ccccc2C1(C)C. The number of para-hydroxylation sites is 1. The van der Waals surface area contributed by atoms with Crippen molar-refractivity contribution in [3.8, 4) is 0 Å². The van der Waals surface area contributed by atoms with E-state index in [1.165, 1.54) is 27.8 Å². The number of ketones is 1. The Labute approximate surface area is 194 Å². The molecule has 0 saturated carbocycles. The van der Waals surface area contributed by atoms with Crippen molar-refractivity contribution in [2.24, 2.45) is 0 Å². The van der Waals surface area contributed by atoms with Crippen LogP contribution in [0.3, 0.4) is 0 Å². The summed E-state index contributed by atoms with van der Waals surface area (Å²) < 4.78 is 26.8. The maximum atomic E-state index is 13.0. The Morgan fingerprint density at radius 2 is 1.84 bits per heavy atom. The van der Waals surface area contributed by atoms with Crippen LogP contribution in [0, 0.1) is 0 Å². The van der Waals surface area contributed by atoms with Gasteiger partial charge in [-0.3, -0.25) is 4.79 Å². The number of benzene rings is 1. The molecule has 1 aromatic carbocycles. The van der Waals surface area contributed by atoms with Crippen molar-refractivity contribution in [3.05, 3.63) is 59.9 Å². The molecule has 32 heavy (non-hydrogen) atoms. The molecule has 0 N–H and O–H groups in total. The molecule has 2 aliphatic rings. The molecule has 4 rings (SSSR count). The van der Waals surface area contributed by atoms with Gasteiger partial charge in [-0.15, -0.1) is 0 Å².